The van der Waals surface area contributed by atoms with Gasteiger partial charge < -0.3 is 9.47 Å². The van der Waals surface area contributed by atoms with Crippen LogP contribution in [0.3, 0.4) is 0 Å². The van der Waals surface area contributed by atoms with Crippen LogP contribution in [-0.2, 0) is 16.1 Å². The standard InChI is InChI=1S/C23H26BrN3O3S/c1-2-3-11-27-22(29)20(31-23(27)30)12-16-14-26(19-8-7-17(24)13-18(16)19)15-21(28)25-9-5-4-6-10-25/h7-8,12-14H,2-6,9-11,15H2,1H3/b20-12-. The molecule has 0 radical (unpaired) electrons. The van der Waals surface area contributed by atoms with Crippen LogP contribution in [0.4, 0.5) is 4.79 Å². The van der Waals surface area contributed by atoms with E-state index in [9.17, 15) is 14.4 Å². The first-order chi connectivity index (χ1) is 15.0. The molecule has 164 valence electrons. The summed E-state index contributed by atoms with van der Waals surface area (Å²) in [5.74, 6) is -0.116. The Labute approximate surface area is 194 Å². The summed E-state index contributed by atoms with van der Waals surface area (Å²) >= 11 is 4.51. The van der Waals surface area contributed by atoms with Gasteiger partial charge >= 0.3 is 0 Å². The lowest BCUT2D eigenvalue weighted by molar-refractivity contribution is -0.132. The number of amides is 3. The molecule has 2 saturated heterocycles. The third-order valence-electron chi connectivity index (χ3n) is 5.78. The van der Waals surface area contributed by atoms with Gasteiger partial charge in [0.05, 0.1) is 4.91 Å². The first kappa shape index (κ1) is 22.1. The molecule has 31 heavy (non-hydrogen) atoms. The van der Waals surface area contributed by atoms with Crippen molar-refractivity contribution in [2.45, 2.75) is 45.6 Å². The fraction of sp³-hybridized carbons (Fsp3) is 0.435. The zero-order chi connectivity index (χ0) is 22.0. The molecule has 2 aliphatic rings. The average Bonchev–Trinajstić information content (AvgIpc) is 3.23. The van der Waals surface area contributed by atoms with Crippen LogP contribution < -0.4 is 0 Å². The van der Waals surface area contributed by atoms with E-state index in [4.69, 9.17) is 0 Å². The van der Waals surface area contributed by atoms with Gasteiger partial charge in [0.25, 0.3) is 11.1 Å². The van der Waals surface area contributed by atoms with Crippen LogP contribution in [0.1, 0.15) is 44.6 Å². The third kappa shape index (κ3) is 4.75. The number of imide groups is 1. The minimum Gasteiger partial charge on any atom is -0.341 e. The van der Waals surface area contributed by atoms with E-state index in [-0.39, 0.29) is 23.6 Å². The quantitative estimate of drug-likeness (QED) is 0.504. The van der Waals surface area contributed by atoms with Gasteiger partial charge in [0.1, 0.15) is 6.54 Å². The Kier molecular flexibility index (Phi) is 6.86. The lowest BCUT2D eigenvalue weighted by Crippen LogP contribution is -2.37. The number of carbonyl (C=O) groups excluding carboxylic acids is 3. The van der Waals surface area contributed by atoms with Crippen LogP contribution >= 0.6 is 27.7 Å². The van der Waals surface area contributed by atoms with Gasteiger partial charge in [-0.3, -0.25) is 19.3 Å². The van der Waals surface area contributed by atoms with Crippen molar-refractivity contribution in [3.05, 3.63) is 39.3 Å². The molecule has 2 aromatic rings. The molecule has 8 heteroatoms. The summed E-state index contributed by atoms with van der Waals surface area (Å²) in [7, 11) is 0. The third-order valence-corrected chi connectivity index (χ3v) is 7.18. The van der Waals surface area contributed by atoms with E-state index < -0.39 is 0 Å². The van der Waals surface area contributed by atoms with Crippen molar-refractivity contribution < 1.29 is 14.4 Å². The number of fused-ring (bicyclic) bond motifs is 1. The number of carbonyl (C=O) groups is 3. The second kappa shape index (κ2) is 9.61. The first-order valence-corrected chi connectivity index (χ1v) is 12.4. The molecule has 1 aromatic heterocycles. The summed E-state index contributed by atoms with van der Waals surface area (Å²) in [6.45, 7) is 4.40. The highest BCUT2D eigenvalue weighted by Gasteiger charge is 2.34. The number of nitrogens with zero attached hydrogens (tertiary/aromatic N) is 3. The number of hydrogen-bond acceptors (Lipinski definition) is 4. The second-order valence-electron chi connectivity index (χ2n) is 8.00. The van der Waals surface area contributed by atoms with Gasteiger partial charge in [0.2, 0.25) is 5.91 Å². The van der Waals surface area contributed by atoms with Crippen molar-refractivity contribution in [3.63, 3.8) is 0 Å². The number of rotatable bonds is 6. The molecule has 0 atom stereocenters. The summed E-state index contributed by atoms with van der Waals surface area (Å²) in [5.41, 5.74) is 1.77. The normalized spacial score (nSPS) is 18.6. The van der Waals surface area contributed by atoms with Crippen molar-refractivity contribution in [2.75, 3.05) is 19.6 Å². The van der Waals surface area contributed by atoms with Gasteiger partial charge in [-0.15, -0.1) is 0 Å². The highest BCUT2D eigenvalue weighted by atomic mass is 79.9. The largest absolute Gasteiger partial charge is 0.341 e. The Hall–Kier alpha value is -2.06. The van der Waals surface area contributed by atoms with E-state index in [1.807, 2.05) is 40.8 Å². The summed E-state index contributed by atoms with van der Waals surface area (Å²) in [5, 5.41) is 0.732. The van der Waals surface area contributed by atoms with E-state index in [1.165, 1.54) is 11.3 Å². The predicted octanol–water partition coefficient (Wildman–Crippen LogP) is 5.25. The summed E-state index contributed by atoms with van der Waals surface area (Å²) in [6.07, 6.45) is 8.73. The van der Waals surface area contributed by atoms with E-state index in [0.29, 0.717) is 11.4 Å². The number of aromatic nitrogens is 1. The van der Waals surface area contributed by atoms with Gasteiger partial charge in [-0.1, -0.05) is 29.3 Å². The maximum absolute atomic E-state index is 12.8. The zero-order valence-corrected chi connectivity index (χ0v) is 20.0. The van der Waals surface area contributed by atoms with Gasteiger partial charge in [-0.2, -0.15) is 0 Å². The Morgan fingerprint density at radius 2 is 1.97 bits per heavy atom. The van der Waals surface area contributed by atoms with Crippen molar-refractivity contribution in [2.24, 2.45) is 0 Å². The van der Waals surface area contributed by atoms with Crippen LogP contribution in [0, 0.1) is 0 Å². The number of halogens is 1. The molecule has 3 amide bonds. The molecule has 6 nitrogen and oxygen atoms in total. The van der Waals surface area contributed by atoms with E-state index in [0.717, 1.165) is 71.5 Å². The Bertz CT molecular complexity index is 1060. The number of piperidine rings is 1. The first-order valence-electron chi connectivity index (χ1n) is 10.8. The minimum absolute atomic E-state index is 0.117. The lowest BCUT2D eigenvalue weighted by Gasteiger charge is -2.27. The molecule has 0 N–H and O–H groups in total. The second-order valence-corrected chi connectivity index (χ2v) is 9.91. The SMILES string of the molecule is CCCCN1C(=O)S/C(=C\c2cn(CC(=O)N3CCCCC3)c3ccc(Br)cc23)C1=O. The molecule has 2 aliphatic heterocycles. The molecule has 0 aliphatic carbocycles. The summed E-state index contributed by atoms with van der Waals surface area (Å²) < 4.78 is 2.87. The van der Waals surface area contributed by atoms with Gasteiger partial charge in [-0.05, 0) is 61.7 Å². The number of benzene rings is 1. The van der Waals surface area contributed by atoms with E-state index in [2.05, 4.69) is 15.9 Å². The van der Waals surface area contributed by atoms with Gasteiger partial charge in [-0.25, -0.2) is 0 Å². The Balaban J connectivity index is 1.64. The van der Waals surface area contributed by atoms with Crippen molar-refractivity contribution >= 4 is 61.7 Å². The fourth-order valence-corrected chi connectivity index (χ4v) is 5.30. The van der Waals surface area contributed by atoms with Gasteiger partial charge in [0.15, 0.2) is 0 Å². The zero-order valence-electron chi connectivity index (χ0n) is 17.6. The number of hydrogen-bond donors (Lipinski definition) is 0. The highest BCUT2D eigenvalue weighted by Crippen LogP contribution is 2.35. The molecule has 0 spiro atoms. The number of thioether (sulfide) groups is 1. The Morgan fingerprint density at radius 1 is 1.19 bits per heavy atom. The van der Waals surface area contributed by atoms with Gasteiger partial charge in [0, 0.05) is 46.8 Å². The highest BCUT2D eigenvalue weighted by molar-refractivity contribution is 9.10. The maximum atomic E-state index is 12.8. The van der Waals surface area contributed by atoms with Crippen LogP contribution in [0.15, 0.2) is 33.8 Å². The minimum atomic E-state index is -0.233. The monoisotopic (exact) mass is 503 g/mol. The molecule has 0 bridgehead atoms. The molecule has 4 rings (SSSR count). The van der Waals surface area contributed by atoms with Crippen molar-refractivity contribution in [3.8, 4) is 0 Å². The number of likely N-dealkylation sites (tertiary alicyclic amines) is 1. The van der Waals surface area contributed by atoms with Crippen LogP contribution in [-0.4, -0.2) is 51.1 Å². The molecular weight excluding hydrogens is 478 g/mol. The smallest absolute Gasteiger partial charge is 0.293 e. The molecular formula is C23H26BrN3O3S. The van der Waals surface area contributed by atoms with E-state index >= 15 is 0 Å². The number of unbranched alkanes of at least 4 members (excludes halogenated alkanes) is 1. The van der Waals surface area contributed by atoms with Crippen LogP contribution in [0.25, 0.3) is 17.0 Å². The molecule has 0 saturated carbocycles. The van der Waals surface area contributed by atoms with Crippen molar-refractivity contribution in [1.82, 2.24) is 14.4 Å². The van der Waals surface area contributed by atoms with E-state index in [1.54, 1.807) is 6.08 Å². The molecule has 0 unspecified atom stereocenters. The maximum Gasteiger partial charge on any atom is 0.293 e. The predicted molar refractivity (Wildman–Crippen MR) is 128 cm³/mol. The van der Waals surface area contributed by atoms with Crippen LogP contribution in [0.5, 0.6) is 0 Å². The summed E-state index contributed by atoms with van der Waals surface area (Å²) in [4.78, 5) is 41.6. The molecule has 2 fully saturated rings. The fourth-order valence-electron chi connectivity index (χ4n) is 4.08. The van der Waals surface area contributed by atoms with Crippen LogP contribution in [0.2, 0.25) is 0 Å². The molecule has 1 aromatic carbocycles. The lowest BCUT2D eigenvalue weighted by atomic mass is 10.1. The topological polar surface area (TPSA) is 62.6 Å². The average molecular weight is 504 g/mol. The summed E-state index contributed by atoms with van der Waals surface area (Å²) in [6, 6.07) is 5.92. The Morgan fingerprint density at radius 3 is 2.71 bits per heavy atom. The molecule has 3 heterocycles. The van der Waals surface area contributed by atoms with Crippen molar-refractivity contribution in [1.29, 1.82) is 0 Å².